The number of amides is 1. The summed E-state index contributed by atoms with van der Waals surface area (Å²) in [4.78, 5) is 26.8. The average molecular weight is 398 g/mol. The Morgan fingerprint density at radius 1 is 1.17 bits per heavy atom. The number of aryl methyl sites for hydroxylation is 1. The van der Waals surface area contributed by atoms with Crippen LogP contribution in [0.25, 0.3) is 21.8 Å². The van der Waals surface area contributed by atoms with Crippen LogP contribution in [-0.2, 0) is 11.3 Å². The number of para-hydroxylation sites is 1. The number of nitrogens with zero attached hydrogens (tertiary/aromatic N) is 3. The molecule has 1 aromatic carbocycles. The molecule has 2 heterocycles. The first kappa shape index (κ1) is 21.0. The number of carbonyl (C=O) groups excluding carboxylic acids is 1. The van der Waals surface area contributed by atoms with E-state index in [1.165, 1.54) is 12.8 Å². The van der Waals surface area contributed by atoms with E-state index in [1.807, 2.05) is 28.8 Å². The molecule has 29 heavy (non-hydrogen) atoms. The average Bonchev–Trinajstić information content (AvgIpc) is 3.05. The Bertz CT molecular complexity index is 1010. The third-order valence-corrected chi connectivity index (χ3v) is 5.30. The van der Waals surface area contributed by atoms with E-state index in [9.17, 15) is 9.59 Å². The SMILES string of the molecule is CCCCN(C)CCCNC(=O)CCCn1c2ccccc2c2cn[nH]c(=O)c21. The summed E-state index contributed by atoms with van der Waals surface area (Å²) in [5.41, 5.74) is 1.42. The van der Waals surface area contributed by atoms with Gasteiger partial charge in [-0.2, -0.15) is 5.10 Å². The number of hydrogen-bond acceptors (Lipinski definition) is 4. The van der Waals surface area contributed by atoms with E-state index in [1.54, 1.807) is 6.20 Å². The Morgan fingerprint density at radius 2 is 1.97 bits per heavy atom. The van der Waals surface area contributed by atoms with Crippen LogP contribution in [0, 0.1) is 0 Å². The lowest BCUT2D eigenvalue weighted by atomic mass is 10.2. The van der Waals surface area contributed by atoms with E-state index in [0.29, 0.717) is 31.4 Å². The van der Waals surface area contributed by atoms with Gasteiger partial charge in [0.15, 0.2) is 0 Å². The Balaban J connectivity index is 1.52. The number of hydrogen-bond donors (Lipinski definition) is 2. The van der Waals surface area contributed by atoms with Crippen molar-refractivity contribution in [1.82, 2.24) is 25.0 Å². The lowest BCUT2D eigenvalue weighted by Crippen LogP contribution is -2.28. The molecule has 0 fully saturated rings. The molecule has 0 bridgehead atoms. The van der Waals surface area contributed by atoms with Crippen molar-refractivity contribution < 1.29 is 4.79 Å². The largest absolute Gasteiger partial charge is 0.356 e. The number of unbranched alkanes of at least 4 members (excludes halogenated alkanes) is 1. The predicted octanol–water partition coefficient (Wildman–Crippen LogP) is 2.90. The van der Waals surface area contributed by atoms with Gasteiger partial charge in [0, 0.05) is 35.8 Å². The van der Waals surface area contributed by atoms with Crippen LogP contribution >= 0.6 is 0 Å². The van der Waals surface area contributed by atoms with Crippen molar-refractivity contribution in [2.75, 3.05) is 26.7 Å². The minimum Gasteiger partial charge on any atom is -0.356 e. The van der Waals surface area contributed by atoms with Crippen LogP contribution in [0.1, 0.15) is 39.0 Å². The molecule has 156 valence electrons. The van der Waals surface area contributed by atoms with Crippen molar-refractivity contribution in [2.24, 2.45) is 0 Å². The molecule has 1 amide bonds. The third-order valence-electron chi connectivity index (χ3n) is 5.30. The highest BCUT2D eigenvalue weighted by Gasteiger charge is 2.13. The lowest BCUT2D eigenvalue weighted by Gasteiger charge is -2.16. The number of carbonyl (C=O) groups is 1. The van der Waals surface area contributed by atoms with Crippen molar-refractivity contribution in [3.8, 4) is 0 Å². The topological polar surface area (TPSA) is 83.0 Å². The van der Waals surface area contributed by atoms with E-state index in [4.69, 9.17) is 0 Å². The maximum atomic E-state index is 12.3. The maximum absolute atomic E-state index is 12.3. The van der Waals surface area contributed by atoms with Crippen LogP contribution in [0.3, 0.4) is 0 Å². The number of benzene rings is 1. The van der Waals surface area contributed by atoms with E-state index < -0.39 is 0 Å². The molecule has 0 saturated carbocycles. The number of fused-ring (bicyclic) bond motifs is 3. The lowest BCUT2D eigenvalue weighted by molar-refractivity contribution is -0.121. The van der Waals surface area contributed by atoms with Crippen LogP contribution < -0.4 is 10.9 Å². The van der Waals surface area contributed by atoms with Gasteiger partial charge in [-0.3, -0.25) is 9.59 Å². The smallest absolute Gasteiger partial charge is 0.288 e. The van der Waals surface area contributed by atoms with Gasteiger partial charge in [-0.1, -0.05) is 31.5 Å². The molecule has 2 aromatic heterocycles. The van der Waals surface area contributed by atoms with Gasteiger partial charge < -0.3 is 14.8 Å². The van der Waals surface area contributed by atoms with E-state index >= 15 is 0 Å². The molecule has 7 nitrogen and oxygen atoms in total. The van der Waals surface area contributed by atoms with Gasteiger partial charge in [-0.15, -0.1) is 0 Å². The van der Waals surface area contributed by atoms with Gasteiger partial charge in [0.25, 0.3) is 5.56 Å². The molecule has 2 N–H and O–H groups in total. The molecule has 0 unspecified atom stereocenters. The summed E-state index contributed by atoms with van der Waals surface area (Å²) in [7, 11) is 2.13. The molecule has 0 spiro atoms. The maximum Gasteiger partial charge on any atom is 0.288 e. The normalized spacial score (nSPS) is 11.6. The van der Waals surface area contributed by atoms with Crippen LogP contribution in [0.5, 0.6) is 0 Å². The van der Waals surface area contributed by atoms with Crippen molar-refractivity contribution in [1.29, 1.82) is 0 Å². The summed E-state index contributed by atoms with van der Waals surface area (Å²) in [6.07, 6.45) is 6.20. The van der Waals surface area contributed by atoms with Gasteiger partial charge in [0.1, 0.15) is 5.52 Å². The molecule has 3 rings (SSSR count). The second-order valence-electron chi connectivity index (χ2n) is 7.59. The van der Waals surface area contributed by atoms with E-state index in [-0.39, 0.29) is 11.5 Å². The van der Waals surface area contributed by atoms with Crippen molar-refractivity contribution in [3.63, 3.8) is 0 Å². The second kappa shape index (κ2) is 10.2. The van der Waals surface area contributed by atoms with E-state index in [0.717, 1.165) is 35.8 Å². The summed E-state index contributed by atoms with van der Waals surface area (Å²) < 4.78 is 2.00. The fourth-order valence-corrected chi connectivity index (χ4v) is 3.75. The van der Waals surface area contributed by atoms with Gasteiger partial charge in [0.2, 0.25) is 5.91 Å². The van der Waals surface area contributed by atoms with E-state index in [2.05, 4.69) is 34.4 Å². The Kier molecular flexibility index (Phi) is 7.41. The number of aromatic amines is 1. The minimum atomic E-state index is -0.199. The molecular weight excluding hydrogens is 366 g/mol. The van der Waals surface area contributed by atoms with Gasteiger partial charge in [0.05, 0.1) is 6.20 Å². The third kappa shape index (κ3) is 5.23. The monoisotopic (exact) mass is 397 g/mol. The van der Waals surface area contributed by atoms with Crippen LogP contribution in [0.15, 0.2) is 35.3 Å². The summed E-state index contributed by atoms with van der Waals surface area (Å²) >= 11 is 0. The zero-order chi connectivity index (χ0) is 20.6. The second-order valence-corrected chi connectivity index (χ2v) is 7.59. The first-order valence-electron chi connectivity index (χ1n) is 10.5. The zero-order valence-corrected chi connectivity index (χ0v) is 17.4. The van der Waals surface area contributed by atoms with Crippen molar-refractivity contribution in [3.05, 3.63) is 40.8 Å². The van der Waals surface area contributed by atoms with Crippen molar-refractivity contribution >= 4 is 27.7 Å². The molecule has 3 aromatic rings. The highest BCUT2D eigenvalue weighted by atomic mass is 16.1. The number of aromatic nitrogens is 3. The first-order chi connectivity index (χ1) is 14.1. The fraction of sp³-hybridized carbons (Fsp3) is 0.500. The highest BCUT2D eigenvalue weighted by molar-refractivity contribution is 6.07. The predicted molar refractivity (Wildman–Crippen MR) is 117 cm³/mol. The quantitative estimate of drug-likeness (QED) is 0.488. The van der Waals surface area contributed by atoms with Crippen molar-refractivity contribution in [2.45, 2.75) is 45.6 Å². The van der Waals surface area contributed by atoms with Crippen LogP contribution in [-0.4, -0.2) is 52.3 Å². The zero-order valence-electron chi connectivity index (χ0n) is 17.4. The standard InChI is InChI=1S/C22H31N5O2/c1-3-4-13-26(2)14-8-12-23-20(28)11-7-15-27-19-10-6-5-9-17(19)18-16-24-25-22(29)21(18)27/h5-6,9-10,16H,3-4,7-8,11-15H2,1-2H3,(H,23,28)(H,25,29). The minimum absolute atomic E-state index is 0.0672. The summed E-state index contributed by atoms with van der Waals surface area (Å²) in [5, 5.41) is 11.3. The molecular formula is C22H31N5O2. The molecule has 0 aliphatic rings. The Morgan fingerprint density at radius 3 is 2.79 bits per heavy atom. The molecule has 0 aliphatic heterocycles. The Labute approximate surface area is 171 Å². The molecule has 0 saturated heterocycles. The Hall–Kier alpha value is -2.67. The summed E-state index contributed by atoms with van der Waals surface area (Å²) in [5.74, 6) is 0.0672. The highest BCUT2D eigenvalue weighted by Crippen LogP contribution is 2.26. The number of nitrogens with one attached hydrogen (secondary N) is 2. The van der Waals surface area contributed by atoms with Gasteiger partial charge in [-0.25, -0.2) is 5.10 Å². The number of rotatable bonds is 11. The van der Waals surface area contributed by atoms with Gasteiger partial charge in [-0.05, 0) is 45.5 Å². The number of H-pyrrole nitrogens is 1. The molecule has 7 heteroatoms. The first-order valence-corrected chi connectivity index (χ1v) is 10.5. The van der Waals surface area contributed by atoms with Crippen LogP contribution in [0.2, 0.25) is 0 Å². The van der Waals surface area contributed by atoms with Crippen LogP contribution in [0.4, 0.5) is 0 Å². The summed E-state index contributed by atoms with van der Waals surface area (Å²) in [6.45, 7) is 5.62. The molecule has 0 aliphatic carbocycles. The summed E-state index contributed by atoms with van der Waals surface area (Å²) in [6, 6.07) is 7.92. The molecule has 0 radical (unpaired) electrons. The van der Waals surface area contributed by atoms with Gasteiger partial charge >= 0.3 is 0 Å². The molecule has 0 atom stereocenters. The fourth-order valence-electron chi connectivity index (χ4n) is 3.75.